The first-order valence-electron chi connectivity index (χ1n) is 9.61. The summed E-state index contributed by atoms with van der Waals surface area (Å²) in [6, 6.07) is 0. The molecule has 5 nitrogen and oxygen atoms in total. The van der Waals surface area contributed by atoms with Crippen molar-refractivity contribution < 1.29 is 23.2 Å². The zero-order valence-electron chi connectivity index (χ0n) is 19.0. The Balaban J connectivity index is 3.28. The Bertz CT molecular complexity index is 609. The lowest BCUT2D eigenvalue weighted by Gasteiger charge is -2.45. The number of ether oxygens (including phenoxy) is 1. The van der Waals surface area contributed by atoms with Crippen LogP contribution in [0, 0.1) is 0 Å². The molecular weight excluding hydrogens is 376 g/mol. The third-order valence-corrected chi connectivity index (χ3v) is 15.2. The molecular formula is C20H38O5Si2. The summed E-state index contributed by atoms with van der Waals surface area (Å²) in [7, 11) is -3.01. The molecule has 0 aromatic heterocycles. The highest BCUT2D eigenvalue weighted by Crippen LogP contribution is 2.42. The van der Waals surface area contributed by atoms with Gasteiger partial charge >= 0.3 is 5.97 Å². The lowest BCUT2D eigenvalue weighted by molar-refractivity contribution is -0.138. The van der Waals surface area contributed by atoms with Gasteiger partial charge in [-0.25, -0.2) is 4.79 Å². The minimum absolute atomic E-state index is 0.00976. The lowest BCUT2D eigenvalue weighted by Crippen LogP contribution is -2.55. The molecule has 2 atom stereocenters. The highest BCUT2D eigenvalue weighted by molar-refractivity contribution is 6.74. The average Bonchev–Trinajstić information content (AvgIpc) is 2.46. The van der Waals surface area contributed by atoms with Gasteiger partial charge in [0.25, 0.3) is 0 Å². The minimum atomic E-state index is -2.19. The van der Waals surface area contributed by atoms with E-state index in [1.54, 1.807) is 0 Å². The number of carbonyl (C=O) groups excluding carboxylic acids is 2. The number of hydrogen-bond donors (Lipinski definition) is 0. The summed E-state index contributed by atoms with van der Waals surface area (Å²) in [6.07, 6.45) is 0.583. The first-order chi connectivity index (χ1) is 11.9. The number of ketones is 1. The Labute approximate surface area is 167 Å². The molecule has 1 aliphatic carbocycles. The average molecular weight is 415 g/mol. The van der Waals surface area contributed by atoms with Crippen LogP contribution in [0.25, 0.3) is 0 Å². The lowest BCUT2D eigenvalue weighted by atomic mass is 9.93. The van der Waals surface area contributed by atoms with Gasteiger partial charge in [0.05, 0.1) is 13.2 Å². The molecule has 0 aromatic rings. The van der Waals surface area contributed by atoms with Crippen LogP contribution >= 0.6 is 0 Å². The van der Waals surface area contributed by atoms with Crippen LogP contribution in [0.3, 0.4) is 0 Å². The largest absolute Gasteiger partial charge is 0.466 e. The molecule has 7 heteroatoms. The SMILES string of the molecule is COC(=O)C1=CC(=O)[C@@H](O[Si](C)(C)C(C)(C)C)[C@H](O[Si](C)(C)C(C)(C)C)C1. The van der Waals surface area contributed by atoms with Crippen molar-refractivity contribution in [1.82, 2.24) is 0 Å². The monoisotopic (exact) mass is 414 g/mol. The van der Waals surface area contributed by atoms with E-state index in [-0.39, 0.29) is 15.9 Å². The van der Waals surface area contributed by atoms with Crippen LogP contribution in [0.5, 0.6) is 0 Å². The summed E-state index contributed by atoms with van der Waals surface area (Å²) in [5, 5.41) is -0.0364. The van der Waals surface area contributed by atoms with Gasteiger partial charge in [-0.05, 0) is 42.3 Å². The van der Waals surface area contributed by atoms with Gasteiger partial charge in [0.15, 0.2) is 22.4 Å². The maximum Gasteiger partial charge on any atom is 0.333 e. The molecule has 0 aromatic carbocycles. The topological polar surface area (TPSA) is 61.8 Å². The third-order valence-electron chi connectivity index (χ3n) is 6.28. The van der Waals surface area contributed by atoms with E-state index in [1.807, 2.05) is 0 Å². The molecule has 0 amide bonds. The van der Waals surface area contributed by atoms with E-state index in [0.717, 1.165) is 0 Å². The van der Waals surface area contributed by atoms with Crippen molar-refractivity contribution in [2.45, 2.75) is 96.4 Å². The molecule has 0 N–H and O–H groups in total. The molecule has 1 rings (SSSR count). The van der Waals surface area contributed by atoms with Crippen molar-refractivity contribution in [2.24, 2.45) is 0 Å². The molecule has 27 heavy (non-hydrogen) atoms. The van der Waals surface area contributed by atoms with Crippen LogP contribution in [-0.4, -0.2) is 47.7 Å². The van der Waals surface area contributed by atoms with E-state index in [9.17, 15) is 9.59 Å². The first kappa shape index (κ1) is 24.3. The summed E-state index contributed by atoms with van der Waals surface area (Å²) in [5.41, 5.74) is 0.362. The van der Waals surface area contributed by atoms with E-state index in [1.165, 1.54) is 13.2 Å². The second kappa shape index (κ2) is 7.93. The second-order valence-corrected chi connectivity index (χ2v) is 20.0. The standard InChI is InChI=1S/C20H38O5Si2/c1-19(2,3)26(8,9)24-16-13-14(18(22)23-7)12-15(21)17(16)25-27(10,11)20(4,5)6/h12,16-17H,13H2,1-11H3/t16-,17-/m1/s1. The summed E-state index contributed by atoms with van der Waals surface area (Å²) < 4.78 is 17.9. The molecule has 0 fully saturated rings. The van der Waals surface area contributed by atoms with Gasteiger partial charge in [-0.1, -0.05) is 41.5 Å². The van der Waals surface area contributed by atoms with Crippen molar-refractivity contribution in [3.05, 3.63) is 11.6 Å². The molecule has 0 saturated heterocycles. The predicted octanol–water partition coefficient (Wildman–Crippen LogP) is 4.84. The maximum atomic E-state index is 12.9. The van der Waals surface area contributed by atoms with E-state index in [2.05, 4.69) is 67.7 Å². The quantitative estimate of drug-likeness (QED) is 0.476. The van der Waals surface area contributed by atoms with Gasteiger partial charge in [0.2, 0.25) is 0 Å². The van der Waals surface area contributed by atoms with Crippen LogP contribution < -0.4 is 0 Å². The van der Waals surface area contributed by atoms with Crippen molar-refractivity contribution in [2.75, 3.05) is 7.11 Å². The molecule has 0 bridgehead atoms. The molecule has 0 heterocycles. The Morgan fingerprint density at radius 3 is 1.81 bits per heavy atom. The van der Waals surface area contributed by atoms with Crippen LogP contribution in [0.1, 0.15) is 48.0 Å². The van der Waals surface area contributed by atoms with Gasteiger partial charge < -0.3 is 13.6 Å². The van der Waals surface area contributed by atoms with E-state index in [0.29, 0.717) is 12.0 Å². The zero-order valence-corrected chi connectivity index (χ0v) is 21.0. The Hall–Kier alpha value is -0.766. The van der Waals surface area contributed by atoms with Crippen LogP contribution in [0.4, 0.5) is 0 Å². The van der Waals surface area contributed by atoms with Gasteiger partial charge in [-0.3, -0.25) is 4.79 Å². The van der Waals surface area contributed by atoms with Crippen LogP contribution in [0.2, 0.25) is 36.3 Å². The molecule has 0 saturated carbocycles. The number of methoxy groups -OCH3 is 1. The van der Waals surface area contributed by atoms with E-state index in [4.69, 9.17) is 13.6 Å². The fourth-order valence-corrected chi connectivity index (χ4v) is 4.95. The molecule has 1 aliphatic rings. The van der Waals surface area contributed by atoms with Crippen molar-refractivity contribution in [3.8, 4) is 0 Å². The van der Waals surface area contributed by atoms with Gasteiger partial charge in [0.1, 0.15) is 6.10 Å². The highest BCUT2D eigenvalue weighted by atomic mass is 28.4. The normalized spacial score (nSPS) is 22.5. The number of carbonyl (C=O) groups is 2. The van der Waals surface area contributed by atoms with Crippen LogP contribution in [0.15, 0.2) is 11.6 Å². The number of hydrogen-bond acceptors (Lipinski definition) is 5. The number of esters is 1. The Kier molecular flexibility index (Phi) is 7.13. The molecule has 0 spiro atoms. The first-order valence-corrected chi connectivity index (χ1v) is 15.4. The summed E-state index contributed by atoms with van der Waals surface area (Å²) >= 11 is 0. The summed E-state index contributed by atoms with van der Waals surface area (Å²) in [4.78, 5) is 25.0. The minimum Gasteiger partial charge on any atom is -0.466 e. The second-order valence-electron chi connectivity index (χ2n) is 10.5. The predicted molar refractivity (Wildman–Crippen MR) is 114 cm³/mol. The van der Waals surface area contributed by atoms with E-state index >= 15 is 0 Å². The third kappa shape index (κ3) is 5.62. The summed E-state index contributed by atoms with van der Waals surface area (Å²) in [5.74, 6) is -0.673. The highest BCUT2D eigenvalue weighted by Gasteiger charge is 2.48. The molecule has 0 aliphatic heterocycles. The fraction of sp³-hybridized carbons (Fsp3) is 0.800. The van der Waals surface area contributed by atoms with Crippen molar-refractivity contribution >= 4 is 28.4 Å². The van der Waals surface area contributed by atoms with Gasteiger partial charge in [0, 0.05) is 12.0 Å². The zero-order chi connectivity index (χ0) is 21.4. The van der Waals surface area contributed by atoms with Crippen molar-refractivity contribution in [3.63, 3.8) is 0 Å². The van der Waals surface area contributed by atoms with Crippen LogP contribution in [-0.2, 0) is 23.2 Å². The van der Waals surface area contributed by atoms with Gasteiger partial charge in [-0.15, -0.1) is 0 Å². The molecule has 0 unspecified atom stereocenters. The Morgan fingerprint density at radius 2 is 1.41 bits per heavy atom. The number of rotatable bonds is 5. The van der Waals surface area contributed by atoms with Gasteiger partial charge in [-0.2, -0.15) is 0 Å². The maximum absolute atomic E-state index is 12.9. The summed E-state index contributed by atoms with van der Waals surface area (Å²) in [6.45, 7) is 21.5. The molecule has 156 valence electrons. The smallest absolute Gasteiger partial charge is 0.333 e. The Morgan fingerprint density at radius 1 is 0.963 bits per heavy atom. The molecule has 0 radical (unpaired) electrons. The van der Waals surface area contributed by atoms with E-state index < -0.39 is 34.8 Å². The van der Waals surface area contributed by atoms with Crippen molar-refractivity contribution in [1.29, 1.82) is 0 Å². The fourth-order valence-electron chi connectivity index (χ4n) is 2.38.